The molecule has 0 aromatic heterocycles. The quantitative estimate of drug-likeness (QED) is 0.849. The SMILES string of the molecule is CCc1cc(N2CCNCC2)c2c(c1)N(Cc1c(F)cccc1F)C(=O)NC2. The van der Waals surface area contributed by atoms with E-state index in [1.54, 1.807) is 0 Å². The number of rotatable bonds is 4. The normalized spacial score (nSPS) is 16.8. The average molecular weight is 386 g/mol. The zero-order valence-electron chi connectivity index (χ0n) is 15.9. The summed E-state index contributed by atoms with van der Waals surface area (Å²) in [5.41, 5.74) is 3.82. The highest BCUT2D eigenvalue weighted by Gasteiger charge is 2.29. The number of amides is 2. The number of anilines is 2. The van der Waals surface area contributed by atoms with Crippen LogP contribution in [0.1, 0.15) is 23.6 Å². The van der Waals surface area contributed by atoms with Crippen LogP contribution in [0.3, 0.4) is 0 Å². The van der Waals surface area contributed by atoms with Crippen molar-refractivity contribution in [3.05, 3.63) is 58.7 Å². The predicted molar refractivity (Wildman–Crippen MR) is 106 cm³/mol. The van der Waals surface area contributed by atoms with E-state index in [0.29, 0.717) is 6.54 Å². The van der Waals surface area contributed by atoms with Gasteiger partial charge in [0.2, 0.25) is 0 Å². The molecule has 2 aliphatic heterocycles. The number of aryl methyl sites for hydroxylation is 1. The van der Waals surface area contributed by atoms with Crippen molar-refractivity contribution in [1.82, 2.24) is 10.6 Å². The van der Waals surface area contributed by atoms with E-state index in [9.17, 15) is 13.6 Å². The van der Waals surface area contributed by atoms with Crippen LogP contribution in [-0.2, 0) is 19.5 Å². The van der Waals surface area contributed by atoms with Crippen LogP contribution in [0.25, 0.3) is 0 Å². The number of hydrogen-bond donors (Lipinski definition) is 2. The summed E-state index contributed by atoms with van der Waals surface area (Å²) < 4.78 is 28.4. The molecule has 7 heteroatoms. The lowest BCUT2D eigenvalue weighted by Gasteiger charge is -2.37. The smallest absolute Gasteiger partial charge is 0.322 e. The second-order valence-electron chi connectivity index (χ2n) is 7.15. The second kappa shape index (κ2) is 7.75. The Morgan fingerprint density at radius 2 is 1.75 bits per heavy atom. The maximum atomic E-state index is 14.2. The molecule has 0 unspecified atom stereocenters. The van der Waals surface area contributed by atoms with E-state index in [1.807, 2.05) is 6.07 Å². The van der Waals surface area contributed by atoms with E-state index in [2.05, 4.69) is 28.5 Å². The summed E-state index contributed by atoms with van der Waals surface area (Å²) in [7, 11) is 0. The van der Waals surface area contributed by atoms with Gasteiger partial charge in [0.25, 0.3) is 0 Å². The number of nitrogens with zero attached hydrogens (tertiary/aromatic N) is 2. The molecule has 2 aliphatic rings. The standard InChI is InChI=1S/C21H24F2N4O/c1-2-14-10-19(26-8-6-24-7-9-26)15-12-25-21(28)27(20(15)11-14)13-16-17(22)4-3-5-18(16)23/h3-5,10-11,24H,2,6-9,12-13H2,1H3,(H,25,28). The first-order chi connectivity index (χ1) is 13.6. The molecule has 0 atom stereocenters. The third-order valence-electron chi connectivity index (χ3n) is 5.46. The molecule has 0 bridgehead atoms. The van der Waals surface area contributed by atoms with Gasteiger partial charge in [-0.3, -0.25) is 4.90 Å². The molecule has 2 aromatic carbocycles. The zero-order chi connectivity index (χ0) is 19.7. The third kappa shape index (κ3) is 3.42. The minimum atomic E-state index is -0.645. The molecule has 0 spiro atoms. The Labute approximate surface area is 163 Å². The molecule has 1 fully saturated rings. The molecule has 2 N–H and O–H groups in total. The van der Waals surface area contributed by atoms with Crippen LogP contribution in [0, 0.1) is 11.6 Å². The van der Waals surface area contributed by atoms with Crippen molar-refractivity contribution >= 4 is 17.4 Å². The van der Waals surface area contributed by atoms with Crippen LogP contribution in [0.4, 0.5) is 25.0 Å². The predicted octanol–water partition coefficient (Wildman–Crippen LogP) is 3.17. The molecule has 0 radical (unpaired) electrons. The maximum absolute atomic E-state index is 14.2. The van der Waals surface area contributed by atoms with Gasteiger partial charge in [0.05, 0.1) is 12.2 Å². The summed E-state index contributed by atoms with van der Waals surface area (Å²) in [6.07, 6.45) is 0.815. The monoisotopic (exact) mass is 386 g/mol. The van der Waals surface area contributed by atoms with E-state index < -0.39 is 11.6 Å². The average Bonchev–Trinajstić information content (AvgIpc) is 2.72. The number of piperazine rings is 1. The molecule has 4 rings (SSSR count). The van der Waals surface area contributed by atoms with Gasteiger partial charge in [-0.2, -0.15) is 0 Å². The number of urea groups is 1. The molecule has 5 nitrogen and oxygen atoms in total. The number of fused-ring (bicyclic) bond motifs is 1. The van der Waals surface area contributed by atoms with Crippen molar-refractivity contribution in [3.8, 4) is 0 Å². The van der Waals surface area contributed by atoms with E-state index >= 15 is 0 Å². The fourth-order valence-electron chi connectivity index (χ4n) is 3.88. The Hall–Kier alpha value is -2.67. The minimum absolute atomic E-state index is 0.101. The Balaban J connectivity index is 1.78. The van der Waals surface area contributed by atoms with Gasteiger partial charge in [0.1, 0.15) is 11.6 Å². The summed E-state index contributed by atoms with van der Waals surface area (Å²) >= 11 is 0. The topological polar surface area (TPSA) is 47.6 Å². The van der Waals surface area contributed by atoms with Crippen LogP contribution < -0.4 is 20.4 Å². The lowest BCUT2D eigenvalue weighted by Crippen LogP contribution is -2.47. The van der Waals surface area contributed by atoms with Crippen molar-refractivity contribution in [2.45, 2.75) is 26.4 Å². The molecule has 2 amide bonds. The Morgan fingerprint density at radius 3 is 2.43 bits per heavy atom. The Kier molecular flexibility index (Phi) is 5.17. The molecule has 148 valence electrons. The summed E-state index contributed by atoms with van der Waals surface area (Å²) in [5.74, 6) is -1.29. The van der Waals surface area contributed by atoms with Crippen LogP contribution in [-0.4, -0.2) is 32.2 Å². The second-order valence-corrected chi connectivity index (χ2v) is 7.15. The molecular formula is C21H24F2N4O. The first-order valence-corrected chi connectivity index (χ1v) is 9.68. The van der Waals surface area contributed by atoms with Crippen molar-refractivity contribution < 1.29 is 13.6 Å². The van der Waals surface area contributed by atoms with Gasteiger partial charge < -0.3 is 15.5 Å². The number of nitrogens with one attached hydrogen (secondary N) is 2. The van der Waals surface area contributed by atoms with E-state index in [-0.39, 0.29) is 18.1 Å². The highest BCUT2D eigenvalue weighted by Crippen LogP contribution is 2.36. The van der Waals surface area contributed by atoms with Crippen LogP contribution in [0.2, 0.25) is 0 Å². The largest absolute Gasteiger partial charge is 0.369 e. The first-order valence-electron chi connectivity index (χ1n) is 9.68. The summed E-state index contributed by atoms with van der Waals surface area (Å²) in [5, 5.41) is 6.21. The van der Waals surface area contributed by atoms with Crippen LogP contribution in [0.15, 0.2) is 30.3 Å². The van der Waals surface area contributed by atoms with Crippen LogP contribution in [0.5, 0.6) is 0 Å². The minimum Gasteiger partial charge on any atom is -0.369 e. The van der Waals surface area contributed by atoms with E-state index in [1.165, 1.54) is 23.1 Å². The van der Waals surface area contributed by atoms with Gasteiger partial charge in [-0.15, -0.1) is 0 Å². The molecule has 0 aliphatic carbocycles. The molecular weight excluding hydrogens is 362 g/mol. The fraction of sp³-hybridized carbons (Fsp3) is 0.381. The van der Waals surface area contributed by atoms with Gasteiger partial charge in [-0.1, -0.05) is 13.0 Å². The van der Waals surface area contributed by atoms with Gasteiger partial charge in [-0.25, -0.2) is 13.6 Å². The highest BCUT2D eigenvalue weighted by molar-refractivity contribution is 5.96. The number of benzene rings is 2. The maximum Gasteiger partial charge on any atom is 0.322 e. The van der Waals surface area contributed by atoms with Crippen molar-refractivity contribution in [1.29, 1.82) is 0 Å². The molecule has 28 heavy (non-hydrogen) atoms. The number of halogens is 2. The van der Waals surface area contributed by atoms with E-state index in [4.69, 9.17) is 0 Å². The van der Waals surface area contributed by atoms with Crippen molar-refractivity contribution in [3.63, 3.8) is 0 Å². The summed E-state index contributed by atoms with van der Waals surface area (Å²) in [4.78, 5) is 16.4. The van der Waals surface area contributed by atoms with Crippen molar-refractivity contribution in [2.24, 2.45) is 0 Å². The van der Waals surface area contributed by atoms with E-state index in [0.717, 1.165) is 55.1 Å². The molecule has 2 heterocycles. The number of carbonyl (C=O) groups is 1. The lowest BCUT2D eigenvalue weighted by molar-refractivity contribution is 0.244. The Morgan fingerprint density at radius 1 is 1.07 bits per heavy atom. The number of hydrogen-bond acceptors (Lipinski definition) is 3. The van der Waals surface area contributed by atoms with Gasteiger partial charge in [0, 0.05) is 49.5 Å². The number of carbonyl (C=O) groups excluding carboxylic acids is 1. The fourth-order valence-corrected chi connectivity index (χ4v) is 3.88. The van der Waals surface area contributed by atoms with Crippen molar-refractivity contribution in [2.75, 3.05) is 36.0 Å². The summed E-state index contributed by atoms with van der Waals surface area (Å²) in [6, 6.07) is 7.57. The zero-order valence-corrected chi connectivity index (χ0v) is 15.9. The third-order valence-corrected chi connectivity index (χ3v) is 5.46. The lowest BCUT2D eigenvalue weighted by atomic mass is 10.00. The Bertz CT molecular complexity index is 876. The molecule has 2 aromatic rings. The first kappa shape index (κ1) is 18.7. The van der Waals surface area contributed by atoms with Crippen LogP contribution >= 0.6 is 0 Å². The van der Waals surface area contributed by atoms with Gasteiger partial charge in [-0.05, 0) is 36.2 Å². The highest BCUT2D eigenvalue weighted by atomic mass is 19.1. The summed E-state index contributed by atoms with van der Waals surface area (Å²) in [6.45, 7) is 5.90. The molecule has 1 saturated heterocycles. The van der Waals surface area contributed by atoms with Gasteiger partial charge >= 0.3 is 6.03 Å². The van der Waals surface area contributed by atoms with Gasteiger partial charge in [0.15, 0.2) is 0 Å². The molecule has 0 saturated carbocycles.